The summed E-state index contributed by atoms with van der Waals surface area (Å²) in [7, 11) is 0. The standard InChI is InChI=1S/C12H9FN2O2/c13-8-4-1-2-5-9(8)15-12(17)11(16)10-6-3-7-14-10/h1-7,14H,(H,15,17). The molecule has 0 aliphatic rings. The summed E-state index contributed by atoms with van der Waals surface area (Å²) in [5, 5.41) is 2.21. The average Bonchev–Trinajstić information content (AvgIpc) is 2.84. The summed E-state index contributed by atoms with van der Waals surface area (Å²) >= 11 is 0. The van der Waals surface area contributed by atoms with Crippen LogP contribution in [-0.2, 0) is 4.79 Å². The zero-order valence-corrected chi connectivity index (χ0v) is 8.74. The first-order valence-electron chi connectivity index (χ1n) is 4.92. The maximum Gasteiger partial charge on any atom is 0.298 e. The molecule has 0 atom stereocenters. The highest BCUT2D eigenvalue weighted by Crippen LogP contribution is 2.12. The number of benzene rings is 1. The Morgan fingerprint density at radius 3 is 2.53 bits per heavy atom. The van der Waals surface area contributed by atoms with Crippen molar-refractivity contribution in [3.05, 3.63) is 54.1 Å². The van der Waals surface area contributed by atoms with E-state index in [1.165, 1.54) is 30.5 Å². The van der Waals surface area contributed by atoms with Crippen molar-refractivity contribution in [2.75, 3.05) is 5.32 Å². The van der Waals surface area contributed by atoms with E-state index in [4.69, 9.17) is 0 Å². The van der Waals surface area contributed by atoms with Crippen LogP contribution in [-0.4, -0.2) is 16.7 Å². The van der Waals surface area contributed by atoms with Crippen LogP contribution in [0.15, 0.2) is 42.6 Å². The first-order valence-corrected chi connectivity index (χ1v) is 4.92. The third-order valence-corrected chi connectivity index (χ3v) is 2.17. The highest BCUT2D eigenvalue weighted by Gasteiger charge is 2.17. The number of para-hydroxylation sites is 1. The van der Waals surface area contributed by atoms with Crippen molar-refractivity contribution in [3.63, 3.8) is 0 Å². The fourth-order valence-corrected chi connectivity index (χ4v) is 1.34. The molecule has 0 bridgehead atoms. The molecule has 0 saturated carbocycles. The van der Waals surface area contributed by atoms with Gasteiger partial charge < -0.3 is 10.3 Å². The summed E-state index contributed by atoms with van der Waals surface area (Å²) in [6.45, 7) is 0. The molecule has 0 fully saturated rings. The Morgan fingerprint density at radius 1 is 1.12 bits per heavy atom. The number of amides is 1. The number of aromatic amines is 1. The molecule has 2 rings (SSSR count). The minimum Gasteiger partial charge on any atom is -0.358 e. The fourth-order valence-electron chi connectivity index (χ4n) is 1.34. The maximum atomic E-state index is 13.2. The number of Topliss-reactive ketones (excluding diaryl/α,β-unsaturated/α-hetero) is 1. The van der Waals surface area contributed by atoms with E-state index >= 15 is 0 Å². The van der Waals surface area contributed by atoms with Crippen LogP contribution in [0.2, 0.25) is 0 Å². The number of rotatable bonds is 3. The Hall–Kier alpha value is -2.43. The molecule has 2 N–H and O–H groups in total. The van der Waals surface area contributed by atoms with Gasteiger partial charge in [-0.2, -0.15) is 0 Å². The van der Waals surface area contributed by atoms with E-state index in [1.807, 2.05) is 0 Å². The SMILES string of the molecule is O=C(Nc1ccccc1F)C(=O)c1ccc[nH]1. The van der Waals surface area contributed by atoms with E-state index in [0.29, 0.717) is 0 Å². The number of carbonyl (C=O) groups is 2. The fraction of sp³-hybridized carbons (Fsp3) is 0. The van der Waals surface area contributed by atoms with Gasteiger partial charge >= 0.3 is 0 Å². The molecule has 0 unspecified atom stereocenters. The minimum absolute atomic E-state index is 0.0163. The van der Waals surface area contributed by atoms with Crippen molar-refractivity contribution in [2.45, 2.75) is 0 Å². The number of ketones is 1. The summed E-state index contributed by atoms with van der Waals surface area (Å²) in [5.74, 6) is -2.20. The van der Waals surface area contributed by atoms with E-state index in [-0.39, 0.29) is 11.4 Å². The third-order valence-electron chi connectivity index (χ3n) is 2.17. The predicted octanol–water partition coefficient (Wildman–Crippen LogP) is 1.98. The second-order valence-corrected chi connectivity index (χ2v) is 3.35. The molecule has 17 heavy (non-hydrogen) atoms. The van der Waals surface area contributed by atoms with Crippen molar-refractivity contribution in [2.24, 2.45) is 0 Å². The molecule has 86 valence electrons. The topological polar surface area (TPSA) is 62.0 Å². The van der Waals surface area contributed by atoms with Gasteiger partial charge in [-0.05, 0) is 24.3 Å². The quantitative estimate of drug-likeness (QED) is 0.627. The first-order chi connectivity index (χ1) is 8.18. The van der Waals surface area contributed by atoms with Crippen LogP contribution in [0, 0.1) is 5.82 Å². The number of nitrogens with one attached hydrogen (secondary N) is 2. The first kappa shape index (κ1) is 11.1. The van der Waals surface area contributed by atoms with Gasteiger partial charge in [0.15, 0.2) is 0 Å². The number of aromatic nitrogens is 1. The zero-order chi connectivity index (χ0) is 12.3. The molecule has 1 aromatic heterocycles. The summed E-state index contributed by atoms with van der Waals surface area (Å²) in [4.78, 5) is 25.7. The van der Waals surface area contributed by atoms with Gasteiger partial charge in [0.05, 0.1) is 11.4 Å². The Bertz CT molecular complexity index is 549. The monoisotopic (exact) mass is 232 g/mol. The Kier molecular flexibility index (Phi) is 3.00. The lowest BCUT2D eigenvalue weighted by molar-refractivity contribution is -0.112. The van der Waals surface area contributed by atoms with Crippen molar-refractivity contribution in [1.29, 1.82) is 0 Å². The van der Waals surface area contributed by atoms with Gasteiger partial charge in [0, 0.05) is 6.20 Å². The summed E-state index contributed by atoms with van der Waals surface area (Å²) in [6.07, 6.45) is 1.53. The normalized spacial score (nSPS) is 9.94. The van der Waals surface area contributed by atoms with Crippen LogP contribution < -0.4 is 5.32 Å². The van der Waals surface area contributed by atoms with E-state index in [1.54, 1.807) is 12.1 Å². The molecule has 5 heteroatoms. The second-order valence-electron chi connectivity index (χ2n) is 3.35. The van der Waals surface area contributed by atoms with Crippen LogP contribution in [0.1, 0.15) is 10.5 Å². The molecule has 2 aromatic rings. The number of halogens is 1. The maximum absolute atomic E-state index is 13.2. The van der Waals surface area contributed by atoms with Crippen LogP contribution in [0.5, 0.6) is 0 Å². The zero-order valence-electron chi connectivity index (χ0n) is 8.74. The second kappa shape index (κ2) is 4.61. The molecule has 1 amide bonds. The minimum atomic E-state index is -0.877. The van der Waals surface area contributed by atoms with Gasteiger partial charge in [-0.3, -0.25) is 9.59 Å². The number of anilines is 1. The highest BCUT2D eigenvalue weighted by molar-refractivity contribution is 6.46. The summed E-state index contributed by atoms with van der Waals surface area (Å²) < 4.78 is 13.2. The number of carbonyl (C=O) groups excluding carboxylic acids is 2. The Balaban J connectivity index is 2.13. The van der Waals surface area contributed by atoms with Gasteiger partial charge in [0.2, 0.25) is 0 Å². The van der Waals surface area contributed by atoms with Crippen molar-refractivity contribution in [1.82, 2.24) is 4.98 Å². The van der Waals surface area contributed by atoms with E-state index in [0.717, 1.165) is 0 Å². The molecule has 1 heterocycles. The molecule has 0 radical (unpaired) electrons. The van der Waals surface area contributed by atoms with Crippen molar-refractivity contribution in [3.8, 4) is 0 Å². The van der Waals surface area contributed by atoms with Gasteiger partial charge in [-0.15, -0.1) is 0 Å². The lowest BCUT2D eigenvalue weighted by Crippen LogP contribution is -2.23. The van der Waals surface area contributed by atoms with E-state index < -0.39 is 17.5 Å². The van der Waals surface area contributed by atoms with E-state index in [2.05, 4.69) is 10.3 Å². The summed E-state index contributed by atoms with van der Waals surface area (Å²) in [6, 6.07) is 8.73. The third kappa shape index (κ3) is 2.39. The average molecular weight is 232 g/mol. The largest absolute Gasteiger partial charge is 0.358 e. The van der Waals surface area contributed by atoms with Crippen LogP contribution in [0.4, 0.5) is 10.1 Å². The van der Waals surface area contributed by atoms with Crippen LogP contribution in [0.25, 0.3) is 0 Å². The Morgan fingerprint density at radius 2 is 1.88 bits per heavy atom. The highest BCUT2D eigenvalue weighted by atomic mass is 19.1. The van der Waals surface area contributed by atoms with Crippen molar-refractivity contribution < 1.29 is 14.0 Å². The van der Waals surface area contributed by atoms with Crippen LogP contribution >= 0.6 is 0 Å². The number of hydrogen-bond donors (Lipinski definition) is 2. The van der Waals surface area contributed by atoms with Gasteiger partial charge in [-0.25, -0.2) is 4.39 Å². The molecule has 0 spiro atoms. The van der Waals surface area contributed by atoms with Gasteiger partial charge in [0.25, 0.3) is 11.7 Å². The molecule has 0 aliphatic heterocycles. The smallest absolute Gasteiger partial charge is 0.298 e. The molecule has 4 nitrogen and oxygen atoms in total. The molecular weight excluding hydrogens is 223 g/mol. The summed E-state index contributed by atoms with van der Waals surface area (Å²) in [5.41, 5.74) is 0.149. The number of H-pyrrole nitrogens is 1. The molecule has 1 aromatic carbocycles. The molecule has 0 saturated heterocycles. The van der Waals surface area contributed by atoms with Crippen LogP contribution in [0.3, 0.4) is 0 Å². The Labute approximate surface area is 96.5 Å². The van der Waals surface area contributed by atoms with Gasteiger partial charge in [0.1, 0.15) is 5.82 Å². The van der Waals surface area contributed by atoms with Gasteiger partial charge in [-0.1, -0.05) is 12.1 Å². The molecule has 0 aliphatic carbocycles. The van der Waals surface area contributed by atoms with E-state index in [9.17, 15) is 14.0 Å². The predicted molar refractivity (Wildman–Crippen MR) is 60.2 cm³/mol. The lowest BCUT2D eigenvalue weighted by Gasteiger charge is -2.04. The lowest BCUT2D eigenvalue weighted by atomic mass is 10.2. The number of hydrogen-bond acceptors (Lipinski definition) is 2. The van der Waals surface area contributed by atoms with Crippen molar-refractivity contribution >= 4 is 17.4 Å². The molecular formula is C12H9FN2O2.